The van der Waals surface area contributed by atoms with Crippen molar-refractivity contribution < 1.29 is 19.2 Å². The lowest BCUT2D eigenvalue weighted by Crippen LogP contribution is -1.93. The van der Waals surface area contributed by atoms with Crippen LogP contribution < -0.4 is 4.74 Å². The van der Waals surface area contributed by atoms with Crippen LogP contribution in [-0.4, -0.2) is 10.0 Å². The molecule has 0 aliphatic heterocycles. The van der Waals surface area contributed by atoms with Crippen LogP contribution in [-0.2, 0) is 6.61 Å². The first-order chi connectivity index (χ1) is 9.49. The van der Waals surface area contributed by atoms with Crippen molar-refractivity contribution >= 4 is 5.69 Å². The molecule has 0 atom stereocenters. The number of non-ortho nitro benzene ring substituents is 1. The molecular formula is C14H12FNO4. The normalized spacial score (nSPS) is 10.3. The molecule has 5 nitrogen and oxygen atoms in total. The first-order valence-electron chi connectivity index (χ1n) is 5.83. The maximum atomic E-state index is 13.3. The Morgan fingerprint density at radius 1 is 1.30 bits per heavy atom. The largest absolute Gasteiger partial charge is 0.457 e. The predicted molar refractivity (Wildman–Crippen MR) is 70.2 cm³/mol. The summed E-state index contributed by atoms with van der Waals surface area (Å²) in [5.41, 5.74) is 0.915. The molecule has 0 heterocycles. The van der Waals surface area contributed by atoms with Crippen molar-refractivity contribution in [1.29, 1.82) is 0 Å². The van der Waals surface area contributed by atoms with Crippen LogP contribution in [0.1, 0.15) is 11.1 Å². The second kappa shape index (κ2) is 5.66. The zero-order valence-electron chi connectivity index (χ0n) is 10.7. The molecule has 0 amide bonds. The summed E-state index contributed by atoms with van der Waals surface area (Å²) < 4.78 is 18.8. The molecule has 0 aromatic heterocycles. The van der Waals surface area contributed by atoms with Crippen molar-refractivity contribution in [1.82, 2.24) is 0 Å². The van der Waals surface area contributed by atoms with E-state index in [1.54, 1.807) is 6.92 Å². The third-order valence-electron chi connectivity index (χ3n) is 2.71. The molecule has 0 fully saturated rings. The minimum Gasteiger partial charge on any atom is -0.457 e. The van der Waals surface area contributed by atoms with E-state index in [0.29, 0.717) is 16.9 Å². The highest BCUT2D eigenvalue weighted by molar-refractivity contribution is 5.45. The van der Waals surface area contributed by atoms with Gasteiger partial charge in [-0.05, 0) is 36.2 Å². The maximum Gasteiger partial charge on any atom is 0.269 e. The van der Waals surface area contributed by atoms with E-state index < -0.39 is 10.7 Å². The summed E-state index contributed by atoms with van der Waals surface area (Å²) in [5.74, 6) is 0.0993. The Balaban J connectivity index is 2.30. The Hall–Kier alpha value is -2.47. The second-order valence-corrected chi connectivity index (χ2v) is 4.26. The number of benzene rings is 2. The molecule has 20 heavy (non-hydrogen) atoms. The van der Waals surface area contributed by atoms with Gasteiger partial charge < -0.3 is 9.84 Å². The molecule has 0 saturated carbocycles. The van der Waals surface area contributed by atoms with Gasteiger partial charge in [0, 0.05) is 18.2 Å². The molecule has 0 radical (unpaired) electrons. The van der Waals surface area contributed by atoms with Crippen LogP contribution in [0.2, 0.25) is 0 Å². The number of hydrogen-bond donors (Lipinski definition) is 1. The summed E-state index contributed by atoms with van der Waals surface area (Å²) in [6, 6.07) is 8.03. The summed E-state index contributed by atoms with van der Waals surface area (Å²) in [4.78, 5) is 10.1. The Morgan fingerprint density at radius 2 is 2.05 bits per heavy atom. The Labute approximate surface area is 114 Å². The van der Waals surface area contributed by atoms with Crippen molar-refractivity contribution in [3.05, 3.63) is 63.5 Å². The topological polar surface area (TPSA) is 72.6 Å². The van der Waals surface area contributed by atoms with Gasteiger partial charge >= 0.3 is 0 Å². The van der Waals surface area contributed by atoms with E-state index in [0.717, 1.165) is 0 Å². The highest BCUT2D eigenvalue weighted by Gasteiger charge is 2.10. The Kier molecular flexibility index (Phi) is 3.95. The van der Waals surface area contributed by atoms with Gasteiger partial charge in [0.2, 0.25) is 0 Å². The number of nitro groups is 1. The quantitative estimate of drug-likeness (QED) is 0.687. The maximum absolute atomic E-state index is 13.3. The molecule has 0 aliphatic carbocycles. The van der Waals surface area contributed by atoms with Crippen LogP contribution in [0.25, 0.3) is 0 Å². The molecule has 0 unspecified atom stereocenters. The lowest BCUT2D eigenvalue weighted by atomic mass is 10.2. The fourth-order valence-electron chi connectivity index (χ4n) is 1.76. The van der Waals surface area contributed by atoms with E-state index >= 15 is 0 Å². The van der Waals surface area contributed by atoms with Crippen molar-refractivity contribution in [3.63, 3.8) is 0 Å². The molecule has 104 valence electrons. The third kappa shape index (κ3) is 3.10. The highest BCUT2D eigenvalue weighted by atomic mass is 19.1. The number of halogens is 1. The van der Waals surface area contributed by atoms with Crippen molar-refractivity contribution in [2.75, 3.05) is 0 Å². The van der Waals surface area contributed by atoms with E-state index in [-0.39, 0.29) is 18.0 Å². The van der Waals surface area contributed by atoms with Gasteiger partial charge in [-0.15, -0.1) is 0 Å². The molecule has 0 spiro atoms. The number of ether oxygens (including phenoxy) is 1. The van der Waals surface area contributed by atoms with E-state index in [2.05, 4.69) is 0 Å². The molecule has 2 aromatic carbocycles. The van der Waals surface area contributed by atoms with E-state index in [9.17, 15) is 14.5 Å². The van der Waals surface area contributed by atoms with Gasteiger partial charge in [-0.2, -0.15) is 0 Å². The lowest BCUT2D eigenvalue weighted by molar-refractivity contribution is -0.384. The van der Waals surface area contributed by atoms with Crippen LogP contribution in [0, 0.1) is 22.9 Å². The van der Waals surface area contributed by atoms with E-state index in [4.69, 9.17) is 9.84 Å². The average molecular weight is 277 g/mol. The molecule has 0 saturated heterocycles. The number of hydrogen-bond acceptors (Lipinski definition) is 4. The smallest absolute Gasteiger partial charge is 0.269 e. The minimum atomic E-state index is -0.522. The van der Waals surface area contributed by atoms with Gasteiger partial charge in [-0.1, -0.05) is 0 Å². The molecule has 0 aliphatic rings. The minimum absolute atomic E-state index is 0.0369. The summed E-state index contributed by atoms with van der Waals surface area (Å²) in [7, 11) is 0. The van der Waals surface area contributed by atoms with Gasteiger partial charge in [0.1, 0.15) is 17.3 Å². The van der Waals surface area contributed by atoms with E-state index in [1.165, 1.54) is 36.4 Å². The molecule has 2 rings (SSSR count). The number of aryl methyl sites for hydroxylation is 1. The fourth-order valence-corrected chi connectivity index (χ4v) is 1.76. The van der Waals surface area contributed by atoms with Crippen LogP contribution in [0.5, 0.6) is 11.5 Å². The number of rotatable bonds is 4. The average Bonchev–Trinajstić information content (AvgIpc) is 2.40. The molecule has 2 aromatic rings. The van der Waals surface area contributed by atoms with Gasteiger partial charge in [-0.25, -0.2) is 4.39 Å². The SMILES string of the molecule is Cc1cc([N+](=O)[O-])ccc1Oc1cc(F)cc(CO)c1. The zero-order chi connectivity index (χ0) is 14.7. The molecule has 6 heteroatoms. The standard InChI is InChI=1S/C14H12FNO4/c1-9-4-12(16(18)19)2-3-14(9)20-13-6-10(8-17)5-11(15)7-13/h2-7,17H,8H2,1H3. The highest BCUT2D eigenvalue weighted by Crippen LogP contribution is 2.29. The van der Waals surface area contributed by atoms with Crippen LogP contribution in [0.15, 0.2) is 36.4 Å². The van der Waals surface area contributed by atoms with Crippen molar-refractivity contribution in [2.24, 2.45) is 0 Å². The summed E-state index contributed by atoms with van der Waals surface area (Å²) in [6.45, 7) is 1.36. The summed E-state index contributed by atoms with van der Waals surface area (Å²) in [5, 5.41) is 19.6. The van der Waals surface area contributed by atoms with Gasteiger partial charge in [0.15, 0.2) is 0 Å². The van der Waals surface area contributed by atoms with Gasteiger partial charge in [-0.3, -0.25) is 10.1 Å². The van der Waals surface area contributed by atoms with Crippen LogP contribution >= 0.6 is 0 Å². The van der Waals surface area contributed by atoms with E-state index in [1.807, 2.05) is 0 Å². The summed E-state index contributed by atoms with van der Waals surface area (Å²) >= 11 is 0. The number of nitro benzene ring substituents is 1. The third-order valence-corrected chi connectivity index (χ3v) is 2.71. The van der Waals surface area contributed by atoms with Crippen LogP contribution in [0.3, 0.4) is 0 Å². The Morgan fingerprint density at radius 3 is 2.65 bits per heavy atom. The van der Waals surface area contributed by atoms with Crippen molar-refractivity contribution in [2.45, 2.75) is 13.5 Å². The van der Waals surface area contributed by atoms with Crippen molar-refractivity contribution in [3.8, 4) is 11.5 Å². The molecule has 0 bridgehead atoms. The molecular weight excluding hydrogens is 265 g/mol. The van der Waals surface area contributed by atoms with Gasteiger partial charge in [0.05, 0.1) is 11.5 Å². The second-order valence-electron chi connectivity index (χ2n) is 4.26. The molecule has 1 N–H and O–H groups in total. The Bertz CT molecular complexity index is 658. The van der Waals surface area contributed by atoms with Gasteiger partial charge in [0.25, 0.3) is 5.69 Å². The predicted octanol–water partition coefficient (Wildman–Crippen LogP) is 3.33. The zero-order valence-corrected chi connectivity index (χ0v) is 10.7. The summed E-state index contributed by atoms with van der Waals surface area (Å²) in [6.07, 6.45) is 0. The fraction of sp³-hybridized carbons (Fsp3) is 0.143. The lowest BCUT2D eigenvalue weighted by Gasteiger charge is -2.09. The number of aliphatic hydroxyl groups is 1. The monoisotopic (exact) mass is 277 g/mol. The first kappa shape index (κ1) is 14.0. The number of aliphatic hydroxyl groups excluding tert-OH is 1. The first-order valence-corrected chi connectivity index (χ1v) is 5.83. The number of nitrogens with zero attached hydrogens (tertiary/aromatic N) is 1. The van der Waals surface area contributed by atoms with Crippen LogP contribution in [0.4, 0.5) is 10.1 Å².